The molecule has 0 radical (unpaired) electrons. The number of hydrogen-bond acceptors (Lipinski definition) is 3. The fourth-order valence-electron chi connectivity index (χ4n) is 1.70. The summed E-state index contributed by atoms with van der Waals surface area (Å²) in [5.41, 5.74) is 2.07. The van der Waals surface area contributed by atoms with Crippen LogP contribution in [0, 0.1) is 6.92 Å². The van der Waals surface area contributed by atoms with Crippen LogP contribution in [-0.2, 0) is 0 Å². The molecule has 6 heteroatoms. The molecule has 0 saturated carbocycles. The first-order valence-corrected chi connectivity index (χ1v) is 6.12. The highest BCUT2D eigenvalue weighted by molar-refractivity contribution is 6.31. The number of aromatic amines is 1. The molecule has 0 saturated heterocycles. The van der Waals surface area contributed by atoms with Gasteiger partial charge in [-0.05, 0) is 37.6 Å². The van der Waals surface area contributed by atoms with Gasteiger partial charge in [-0.3, -0.25) is 5.10 Å². The molecule has 0 fully saturated rings. The van der Waals surface area contributed by atoms with E-state index in [0.29, 0.717) is 28.6 Å². The van der Waals surface area contributed by atoms with Gasteiger partial charge in [0.25, 0.3) is 0 Å². The predicted molar refractivity (Wildman–Crippen MR) is 71.9 cm³/mol. The van der Waals surface area contributed by atoms with Crippen molar-refractivity contribution in [2.75, 3.05) is 6.61 Å². The zero-order chi connectivity index (χ0) is 14.0. The van der Waals surface area contributed by atoms with Crippen molar-refractivity contribution in [3.8, 4) is 17.0 Å². The fourth-order valence-corrected chi connectivity index (χ4v) is 1.86. The topological polar surface area (TPSA) is 75.2 Å². The second-order valence-corrected chi connectivity index (χ2v) is 4.41. The summed E-state index contributed by atoms with van der Waals surface area (Å²) in [5, 5.41) is 15.9. The number of aromatic nitrogens is 2. The number of nitrogens with zero attached hydrogens (tertiary/aromatic N) is 1. The maximum atomic E-state index is 10.8. The molecule has 19 heavy (non-hydrogen) atoms. The minimum absolute atomic E-state index is 0.0224. The average Bonchev–Trinajstić information content (AvgIpc) is 2.83. The molecular formula is C13H13ClN2O3. The van der Waals surface area contributed by atoms with Crippen LogP contribution in [0.3, 0.4) is 0 Å². The normalized spacial score (nSPS) is 10.5. The molecule has 2 rings (SSSR count). The summed E-state index contributed by atoms with van der Waals surface area (Å²) in [6.07, 6.45) is 0. The number of aromatic carboxylic acids is 1. The molecule has 0 aliphatic rings. The molecule has 0 atom stereocenters. The van der Waals surface area contributed by atoms with Crippen LogP contribution in [0.2, 0.25) is 5.02 Å². The maximum Gasteiger partial charge on any atom is 0.353 e. The van der Waals surface area contributed by atoms with E-state index in [-0.39, 0.29) is 5.69 Å². The minimum Gasteiger partial charge on any atom is -0.493 e. The smallest absolute Gasteiger partial charge is 0.353 e. The lowest BCUT2D eigenvalue weighted by Crippen LogP contribution is -1.95. The lowest BCUT2D eigenvalue weighted by Gasteiger charge is -2.10. The molecule has 1 aromatic heterocycles. The van der Waals surface area contributed by atoms with Crippen molar-refractivity contribution < 1.29 is 14.6 Å². The van der Waals surface area contributed by atoms with Crippen molar-refractivity contribution in [1.29, 1.82) is 0 Å². The van der Waals surface area contributed by atoms with Crippen molar-refractivity contribution in [1.82, 2.24) is 10.2 Å². The van der Waals surface area contributed by atoms with Crippen LogP contribution in [0.5, 0.6) is 5.75 Å². The molecule has 1 aromatic carbocycles. The molecule has 0 aliphatic heterocycles. The Balaban J connectivity index is 2.52. The van der Waals surface area contributed by atoms with Gasteiger partial charge in [0.2, 0.25) is 0 Å². The van der Waals surface area contributed by atoms with Gasteiger partial charge in [-0.25, -0.2) is 4.79 Å². The number of carboxylic acids is 1. The van der Waals surface area contributed by atoms with Gasteiger partial charge in [0.05, 0.1) is 12.3 Å². The molecule has 0 bridgehead atoms. The van der Waals surface area contributed by atoms with E-state index in [1.165, 1.54) is 6.07 Å². The van der Waals surface area contributed by atoms with E-state index in [1.54, 1.807) is 6.07 Å². The summed E-state index contributed by atoms with van der Waals surface area (Å²) in [4.78, 5) is 10.8. The monoisotopic (exact) mass is 280 g/mol. The number of carboxylic acid groups (broad SMARTS) is 1. The van der Waals surface area contributed by atoms with Crippen molar-refractivity contribution in [2.24, 2.45) is 0 Å². The van der Waals surface area contributed by atoms with Crippen LogP contribution in [0.1, 0.15) is 23.0 Å². The Labute approximate surface area is 115 Å². The first-order valence-electron chi connectivity index (χ1n) is 5.75. The summed E-state index contributed by atoms with van der Waals surface area (Å²) in [6, 6.07) is 4.99. The number of carbonyl (C=O) groups is 1. The van der Waals surface area contributed by atoms with E-state index in [0.717, 1.165) is 5.56 Å². The molecule has 5 nitrogen and oxygen atoms in total. The highest BCUT2D eigenvalue weighted by Crippen LogP contribution is 2.34. The second kappa shape index (κ2) is 5.32. The third kappa shape index (κ3) is 2.71. The largest absolute Gasteiger partial charge is 0.493 e. The summed E-state index contributed by atoms with van der Waals surface area (Å²) in [6.45, 7) is 4.26. The van der Waals surface area contributed by atoms with Gasteiger partial charge >= 0.3 is 5.97 Å². The lowest BCUT2D eigenvalue weighted by atomic mass is 10.1. The van der Waals surface area contributed by atoms with Gasteiger partial charge < -0.3 is 9.84 Å². The number of H-pyrrole nitrogens is 1. The molecular weight excluding hydrogens is 268 g/mol. The Kier molecular flexibility index (Phi) is 3.76. The summed E-state index contributed by atoms with van der Waals surface area (Å²) in [7, 11) is 0. The Bertz CT molecular complexity index is 622. The number of nitrogens with one attached hydrogen (secondary N) is 1. The summed E-state index contributed by atoms with van der Waals surface area (Å²) < 4.78 is 5.54. The van der Waals surface area contributed by atoms with Crippen LogP contribution >= 0.6 is 11.6 Å². The fraction of sp³-hybridized carbons (Fsp3) is 0.231. The van der Waals surface area contributed by atoms with Crippen LogP contribution in [-0.4, -0.2) is 27.9 Å². The molecule has 2 aromatic rings. The second-order valence-electron chi connectivity index (χ2n) is 4.00. The van der Waals surface area contributed by atoms with Gasteiger partial charge in [-0.1, -0.05) is 11.6 Å². The van der Waals surface area contributed by atoms with E-state index in [4.69, 9.17) is 21.4 Å². The number of aryl methyl sites for hydroxylation is 1. The SMILES string of the molecule is CCOc1cc(C)c(Cl)cc1-c1cc(C(=O)O)[nH]n1. The van der Waals surface area contributed by atoms with E-state index in [2.05, 4.69) is 10.2 Å². The Morgan fingerprint density at radius 2 is 2.21 bits per heavy atom. The molecule has 100 valence electrons. The first kappa shape index (κ1) is 13.4. The standard InChI is InChI=1S/C13H13ClN2O3/c1-3-19-12-4-7(2)9(14)5-8(12)10-6-11(13(17)18)16-15-10/h4-6H,3H2,1-2H3,(H,15,16)(H,17,18). The summed E-state index contributed by atoms with van der Waals surface area (Å²) >= 11 is 6.10. The molecule has 0 spiro atoms. The maximum absolute atomic E-state index is 10.8. The van der Waals surface area contributed by atoms with Gasteiger partial charge in [-0.2, -0.15) is 5.10 Å². The Morgan fingerprint density at radius 1 is 1.47 bits per heavy atom. The van der Waals surface area contributed by atoms with Crippen LogP contribution in [0.15, 0.2) is 18.2 Å². The molecule has 0 amide bonds. The number of halogens is 1. The van der Waals surface area contributed by atoms with Gasteiger partial charge in [-0.15, -0.1) is 0 Å². The van der Waals surface area contributed by atoms with Gasteiger partial charge in [0.15, 0.2) is 0 Å². The molecule has 0 aliphatic carbocycles. The number of benzene rings is 1. The Morgan fingerprint density at radius 3 is 2.79 bits per heavy atom. The van der Waals surface area contributed by atoms with Crippen molar-refractivity contribution in [3.05, 3.63) is 34.5 Å². The number of ether oxygens (including phenoxy) is 1. The number of hydrogen-bond donors (Lipinski definition) is 2. The third-order valence-electron chi connectivity index (χ3n) is 2.64. The van der Waals surface area contributed by atoms with Crippen LogP contribution in [0.4, 0.5) is 0 Å². The highest BCUT2D eigenvalue weighted by atomic mass is 35.5. The van der Waals surface area contributed by atoms with Crippen LogP contribution < -0.4 is 4.74 Å². The lowest BCUT2D eigenvalue weighted by molar-refractivity contribution is 0.0690. The predicted octanol–water partition coefficient (Wildman–Crippen LogP) is 3.14. The number of rotatable bonds is 4. The minimum atomic E-state index is -1.06. The van der Waals surface area contributed by atoms with Crippen LogP contribution in [0.25, 0.3) is 11.3 Å². The highest BCUT2D eigenvalue weighted by Gasteiger charge is 2.15. The molecule has 2 N–H and O–H groups in total. The van der Waals surface area contributed by atoms with Crippen molar-refractivity contribution in [3.63, 3.8) is 0 Å². The van der Waals surface area contributed by atoms with Gasteiger partial charge in [0.1, 0.15) is 11.4 Å². The van der Waals surface area contributed by atoms with E-state index < -0.39 is 5.97 Å². The zero-order valence-corrected chi connectivity index (χ0v) is 11.3. The quantitative estimate of drug-likeness (QED) is 0.902. The summed E-state index contributed by atoms with van der Waals surface area (Å²) in [5.74, 6) is -0.428. The molecule has 1 heterocycles. The van der Waals surface area contributed by atoms with Crippen molar-refractivity contribution >= 4 is 17.6 Å². The average molecular weight is 281 g/mol. The molecule has 0 unspecified atom stereocenters. The third-order valence-corrected chi connectivity index (χ3v) is 3.05. The first-order chi connectivity index (χ1) is 9.02. The van der Waals surface area contributed by atoms with Gasteiger partial charge in [0, 0.05) is 10.6 Å². The van der Waals surface area contributed by atoms with E-state index in [1.807, 2.05) is 19.9 Å². The Hall–Kier alpha value is -2.01. The van der Waals surface area contributed by atoms with E-state index >= 15 is 0 Å². The van der Waals surface area contributed by atoms with Crippen molar-refractivity contribution in [2.45, 2.75) is 13.8 Å². The zero-order valence-electron chi connectivity index (χ0n) is 10.5. The van der Waals surface area contributed by atoms with E-state index in [9.17, 15) is 4.79 Å².